The Morgan fingerprint density at radius 3 is 2.68 bits per heavy atom. The molecule has 2 aromatic rings. The highest BCUT2D eigenvalue weighted by Gasteiger charge is 2.37. The van der Waals surface area contributed by atoms with Gasteiger partial charge >= 0.3 is 0 Å². The van der Waals surface area contributed by atoms with Gasteiger partial charge in [0.1, 0.15) is 0 Å². The van der Waals surface area contributed by atoms with Crippen molar-refractivity contribution in [2.45, 2.75) is 19.3 Å². The monoisotopic (exact) mass is 308 g/mol. The first kappa shape index (κ1) is 14.7. The molecule has 0 bridgehead atoms. The third-order valence-electron chi connectivity index (χ3n) is 4.05. The maximum absolute atomic E-state index is 12.7. The first-order valence-electron chi connectivity index (χ1n) is 7.12. The Balaban J connectivity index is 2.02. The molecule has 1 aliphatic rings. The van der Waals surface area contributed by atoms with E-state index in [1.807, 2.05) is 55.6 Å². The quantitative estimate of drug-likeness (QED) is 0.621. The van der Waals surface area contributed by atoms with Crippen molar-refractivity contribution >= 4 is 29.0 Å². The van der Waals surface area contributed by atoms with Crippen LogP contribution in [0.25, 0.3) is 6.08 Å². The standard InChI is InChI=1S/C19H16O2S/c1-13-12-14-6-3-4-7-15(14)19(2,18(13)21)10-9-16(20)17-8-5-11-22-17/h3-12H,1-2H3/b10-9-/t19-/m1/s1. The molecule has 1 aliphatic carbocycles. The number of hydrogen-bond donors (Lipinski definition) is 0. The molecular weight excluding hydrogens is 292 g/mol. The fourth-order valence-corrected chi connectivity index (χ4v) is 3.48. The van der Waals surface area contributed by atoms with Gasteiger partial charge in [0.15, 0.2) is 11.6 Å². The minimum atomic E-state index is -0.789. The van der Waals surface area contributed by atoms with E-state index in [0.29, 0.717) is 4.88 Å². The van der Waals surface area contributed by atoms with E-state index >= 15 is 0 Å². The molecule has 1 aromatic carbocycles. The van der Waals surface area contributed by atoms with E-state index in [2.05, 4.69) is 0 Å². The fourth-order valence-electron chi connectivity index (χ4n) is 2.84. The summed E-state index contributed by atoms with van der Waals surface area (Å²) in [5.74, 6) is -0.0184. The second kappa shape index (κ2) is 5.50. The Bertz CT molecular complexity index is 797. The fraction of sp³-hybridized carbons (Fsp3) is 0.158. The van der Waals surface area contributed by atoms with Crippen LogP contribution < -0.4 is 0 Å². The molecule has 0 aliphatic heterocycles. The second-order valence-corrected chi connectivity index (χ2v) is 6.57. The average molecular weight is 308 g/mol. The number of fused-ring (bicyclic) bond motifs is 1. The maximum Gasteiger partial charge on any atom is 0.195 e. The molecule has 0 unspecified atom stereocenters. The molecule has 0 N–H and O–H groups in total. The normalized spacial score (nSPS) is 20.8. The van der Waals surface area contributed by atoms with Crippen LogP contribution in [0.2, 0.25) is 0 Å². The zero-order valence-corrected chi connectivity index (χ0v) is 13.3. The number of carbonyl (C=O) groups excluding carboxylic acids is 2. The van der Waals surface area contributed by atoms with Gasteiger partial charge in [-0.25, -0.2) is 0 Å². The van der Waals surface area contributed by atoms with Crippen LogP contribution in [0.5, 0.6) is 0 Å². The number of benzene rings is 1. The van der Waals surface area contributed by atoms with Crippen molar-refractivity contribution < 1.29 is 9.59 Å². The Kier molecular flexibility index (Phi) is 3.67. The number of ketones is 2. The summed E-state index contributed by atoms with van der Waals surface area (Å²) in [6.45, 7) is 3.70. The minimum Gasteiger partial charge on any atom is -0.293 e. The maximum atomic E-state index is 12.7. The first-order valence-corrected chi connectivity index (χ1v) is 8.00. The lowest BCUT2D eigenvalue weighted by atomic mass is 9.70. The van der Waals surface area contributed by atoms with Gasteiger partial charge in [0.25, 0.3) is 0 Å². The van der Waals surface area contributed by atoms with Crippen LogP contribution in [0.4, 0.5) is 0 Å². The zero-order chi connectivity index (χ0) is 15.7. The minimum absolute atomic E-state index is 0.0430. The molecule has 0 fully saturated rings. The van der Waals surface area contributed by atoms with Crippen molar-refractivity contribution in [1.82, 2.24) is 0 Å². The van der Waals surface area contributed by atoms with Gasteiger partial charge in [-0.15, -0.1) is 11.3 Å². The van der Waals surface area contributed by atoms with Crippen LogP contribution in [-0.4, -0.2) is 11.6 Å². The summed E-state index contributed by atoms with van der Waals surface area (Å²) >= 11 is 1.41. The summed E-state index contributed by atoms with van der Waals surface area (Å²) in [6.07, 6.45) is 5.18. The number of rotatable bonds is 3. The van der Waals surface area contributed by atoms with E-state index in [4.69, 9.17) is 0 Å². The third kappa shape index (κ3) is 2.38. The van der Waals surface area contributed by atoms with Crippen LogP contribution in [0.15, 0.2) is 59.5 Å². The molecule has 22 heavy (non-hydrogen) atoms. The summed E-state index contributed by atoms with van der Waals surface area (Å²) in [7, 11) is 0. The lowest BCUT2D eigenvalue weighted by molar-refractivity contribution is -0.118. The SMILES string of the molecule is CC1=Cc2ccccc2[C@@](C)(/C=C\C(=O)c2cccs2)C1=O. The lowest BCUT2D eigenvalue weighted by Gasteiger charge is -2.31. The molecule has 1 atom stereocenters. The predicted molar refractivity (Wildman–Crippen MR) is 90.2 cm³/mol. The van der Waals surface area contributed by atoms with Crippen LogP contribution in [0.1, 0.15) is 34.6 Å². The van der Waals surface area contributed by atoms with Crippen molar-refractivity contribution in [3.05, 3.63) is 75.5 Å². The van der Waals surface area contributed by atoms with Gasteiger partial charge in [-0.2, -0.15) is 0 Å². The van der Waals surface area contributed by atoms with Crippen LogP contribution in [-0.2, 0) is 10.2 Å². The van der Waals surface area contributed by atoms with E-state index in [0.717, 1.165) is 16.7 Å². The van der Waals surface area contributed by atoms with Gasteiger partial charge in [0.05, 0.1) is 10.3 Å². The highest BCUT2D eigenvalue weighted by molar-refractivity contribution is 7.12. The van der Waals surface area contributed by atoms with Crippen molar-refractivity contribution in [3.63, 3.8) is 0 Å². The molecule has 0 amide bonds. The number of allylic oxidation sites excluding steroid dienone is 3. The van der Waals surface area contributed by atoms with Crippen molar-refractivity contribution in [2.75, 3.05) is 0 Å². The third-order valence-corrected chi connectivity index (χ3v) is 4.94. The van der Waals surface area contributed by atoms with Crippen LogP contribution in [0.3, 0.4) is 0 Å². The number of Topliss-reactive ketones (excluding diaryl/α,β-unsaturated/α-hetero) is 1. The van der Waals surface area contributed by atoms with E-state index in [9.17, 15) is 9.59 Å². The Morgan fingerprint density at radius 2 is 1.95 bits per heavy atom. The van der Waals surface area contributed by atoms with E-state index in [1.165, 1.54) is 17.4 Å². The molecule has 0 saturated carbocycles. The lowest BCUT2D eigenvalue weighted by Crippen LogP contribution is -2.34. The smallest absolute Gasteiger partial charge is 0.195 e. The molecule has 1 heterocycles. The molecule has 0 saturated heterocycles. The van der Waals surface area contributed by atoms with Gasteiger partial charge < -0.3 is 0 Å². The van der Waals surface area contributed by atoms with E-state index < -0.39 is 5.41 Å². The average Bonchev–Trinajstić information content (AvgIpc) is 3.05. The van der Waals surface area contributed by atoms with Crippen molar-refractivity contribution in [3.8, 4) is 0 Å². The molecule has 1 aromatic heterocycles. The second-order valence-electron chi connectivity index (χ2n) is 5.62. The van der Waals surface area contributed by atoms with Gasteiger partial charge in [-0.05, 0) is 54.1 Å². The van der Waals surface area contributed by atoms with Gasteiger partial charge in [-0.1, -0.05) is 36.4 Å². The highest BCUT2D eigenvalue weighted by Crippen LogP contribution is 2.37. The first-order chi connectivity index (χ1) is 10.5. The van der Waals surface area contributed by atoms with E-state index in [1.54, 1.807) is 12.1 Å². The van der Waals surface area contributed by atoms with E-state index in [-0.39, 0.29) is 11.6 Å². The predicted octanol–water partition coefficient (Wildman–Crippen LogP) is 4.43. The molecule has 3 rings (SSSR count). The number of thiophene rings is 1. The Hall–Kier alpha value is -2.26. The topological polar surface area (TPSA) is 34.1 Å². The van der Waals surface area contributed by atoms with Crippen molar-refractivity contribution in [2.24, 2.45) is 0 Å². The van der Waals surface area contributed by atoms with Gasteiger partial charge in [0.2, 0.25) is 0 Å². The highest BCUT2D eigenvalue weighted by atomic mass is 32.1. The summed E-state index contributed by atoms with van der Waals surface area (Å²) in [4.78, 5) is 25.6. The summed E-state index contributed by atoms with van der Waals surface area (Å²) in [5.41, 5.74) is 1.91. The number of carbonyl (C=O) groups is 2. The van der Waals surface area contributed by atoms with Crippen LogP contribution in [0, 0.1) is 0 Å². The zero-order valence-electron chi connectivity index (χ0n) is 12.5. The van der Waals surface area contributed by atoms with Gasteiger partial charge in [-0.3, -0.25) is 9.59 Å². The Labute approximate surface area is 133 Å². The molecule has 3 heteroatoms. The Morgan fingerprint density at radius 1 is 1.18 bits per heavy atom. The summed E-state index contributed by atoms with van der Waals surface area (Å²) in [5, 5.41) is 1.87. The van der Waals surface area contributed by atoms with Crippen molar-refractivity contribution in [1.29, 1.82) is 0 Å². The molecule has 110 valence electrons. The van der Waals surface area contributed by atoms with Crippen LogP contribution >= 0.6 is 11.3 Å². The molecule has 2 nitrogen and oxygen atoms in total. The molecular formula is C19H16O2S. The summed E-state index contributed by atoms with van der Waals surface area (Å²) < 4.78 is 0. The van der Waals surface area contributed by atoms with Gasteiger partial charge in [0, 0.05) is 0 Å². The molecule has 0 spiro atoms. The summed E-state index contributed by atoms with van der Waals surface area (Å²) in [6, 6.07) is 11.5. The molecule has 0 radical (unpaired) electrons. The largest absolute Gasteiger partial charge is 0.293 e. The number of hydrogen-bond acceptors (Lipinski definition) is 3.